The number of aliphatic hydroxyl groups is 4. The lowest BCUT2D eigenvalue weighted by molar-refractivity contribution is -0.293. The first-order chi connectivity index (χ1) is 17.5. The van der Waals surface area contributed by atoms with Crippen LogP contribution in [0.3, 0.4) is 0 Å². The molecule has 5 aliphatic rings. The Morgan fingerprint density at radius 3 is 2.30 bits per heavy atom. The van der Waals surface area contributed by atoms with Gasteiger partial charge >= 0.3 is 5.97 Å². The van der Waals surface area contributed by atoms with Crippen molar-refractivity contribution in [3.8, 4) is 0 Å². The Hall–Kier alpha value is -1.10. The number of esters is 1. The number of rotatable bonds is 5. The van der Waals surface area contributed by atoms with E-state index < -0.39 is 36.7 Å². The SMILES string of the molecule is COC(=O)C1O[C@H](OCC(=O)C2CCC3C4CCC5C[C@H](O)CCC5(C)C4CCC23C)[C@@H](O)[C@H](O)[C@H]1O. The Bertz CT molecular complexity index is 880. The molecule has 210 valence electrons. The topological polar surface area (TPSA) is 143 Å². The number of fused-ring (bicyclic) bond motifs is 5. The molecule has 0 aromatic heterocycles. The smallest absolute Gasteiger partial charge is 0.337 e. The summed E-state index contributed by atoms with van der Waals surface area (Å²) in [5.41, 5.74) is 0.181. The number of aliphatic hydroxyl groups excluding tert-OH is 4. The van der Waals surface area contributed by atoms with Gasteiger partial charge in [-0.05, 0) is 92.3 Å². The fourth-order valence-electron chi connectivity index (χ4n) is 9.33. The number of Topliss-reactive ketones (excluding diaryl/α,β-unsaturated/α-hetero) is 1. The van der Waals surface area contributed by atoms with Gasteiger partial charge in [-0.15, -0.1) is 0 Å². The molecule has 4 aliphatic carbocycles. The second-order valence-electron chi connectivity index (χ2n) is 13.0. The highest BCUT2D eigenvalue weighted by atomic mass is 16.7. The Morgan fingerprint density at radius 1 is 0.865 bits per heavy atom. The number of ether oxygens (including phenoxy) is 3. The fraction of sp³-hybridized carbons (Fsp3) is 0.929. The molecule has 1 heterocycles. The molecule has 1 aliphatic heterocycles. The number of hydrogen-bond acceptors (Lipinski definition) is 9. The molecule has 1 saturated heterocycles. The molecule has 8 unspecified atom stereocenters. The van der Waals surface area contributed by atoms with Crippen molar-refractivity contribution in [1.29, 1.82) is 0 Å². The Morgan fingerprint density at radius 2 is 1.57 bits per heavy atom. The Kier molecular flexibility index (Phi) is 7.53. The van der Waals surface area contributed by atoms with Crippen LogP contribution >= 0.6 is 0 Å². The van der Waals surface area contributed by atoms with Gasteiger partial charge in [-0.2, -0.15) is 0 Å². The van der Waals surface area contributed by atoms with Crippen LogP contribution in [0.25, 0.3) is 0 Å². The number of carbonyl (C=O) groups excluding carboxylic acids is 2. The minimum absolute atomic E-state index is 0.0461. The first-order valence-electron chi connectivity index (χ1n) is 14.1. The van der Waals surface area contributed by atoms with Crippen molar-refractivity contribution >= 4 is 11.8 Å². The largest absolute Gasteiger partial charge is 0.467 e. The van der Waals surface area contributed by atoms with E-state index in [-0.39, 0.29) is 35.2 Å². The summed E-state index contributed by atoms with van der Waals surface area (Å²) >= 11 is 0. The Balaban J connectivity index is 1.24. The van der Waals surface area contributed by atoms with E-state index in [0.717, 1.165) is 58.5 Å². The van der Waals surface area contributed by atoms with Crippen molar-refractivity contribution < 1.29 is 44.2 Å². The van der Waals surface area contributed by atoms with E-state index in [1.807, 2.05) is 0 Å². The van der Waals surface area contributed by atoms with Crippen molar-refractivity contribution in [1.82, 2.24) is 0 Å². The Labute approximate surface area is 218 Å². The maximum absolute atomic E-state index is 13.5. The summed E-state index contributed by atoms with van der Waals surface area (Å²) in [5.74, 6) is 1.25. The third-order valence-corrected chi connectivity index (χ3v) is 11.4. The van der Waals surface area contributed by atoms with Gasteiger partial charge in [0.15, 0.2) is 18.2 Å². The third kappa shape index (κ3) is 4.47. The van der Waals surface area contributed by atoms with Crippen LogP contribution in [0.2, 0.25) is 0 Å². The van der Waals surface area contributed by atoms with Crippen molar-refractivity contribution in [3.05, 3.63) is 0 Å². The highest BCUT2D eigenvalue weighted by molar-refractivity contribution is 5.83. The summed E-state index contributed by atoms with van der Waals surface area (Å²) in [6, 6.07) is 0. The first-order valence-corrected chi connectivity index (χ1v) is 14.1. The molecule has 0 spiro atoms. The predicted molar refractivity (Wildman–Crippen MR) is 131 cm³/mol. The monoisotopic (exact) mass is 524 g/mol. The zero-order chi connectivity index (χ0) is 26.7. The van der Waals surface area contributed by atoms with Crippen LogP contribution in [0.1, 0.15) is 71.6 Å². The summed E-state index contributed by atoms with van der Waals surface area (Å²) in [6.45, 7) is 4.43. The molecule has 9 nitrogen and oxygen atoms in total. The van der Waals surface area contributed by atoms with Crippen LogP contribution in [-0.4, -0.2) is 82.7 Å². The quantitative estimate of drug-likeness (QED) is 0.394. The van der Waals surface area contributed by atoms with Gasteiger partial charge in [0.1, 0.15) is 24.9 Å². The lowest BCUT2D eigenvalue weighted by atomic mass is 9.44. The van der Waals surface area contributed by atoms with E-state index in [2.05, 4.69) is 18.6 Å². The highest BCUT2D eigenvalue weighted by Gasteiger charge is 2.61. The number of carbonyl (C=O) groups is 2. The number of methoxy groups -OCH3 is 1. The fourth-order valence-corrected chi connectivity index (χ4v) is 9.33. The zero-order valence-electron chi connectivity index (χ0n) is 22.3. The van der Waals surface area contributed by atoms with Gasteiger partial charge < -0.3 is 34.6 Å². The van der Waals surface area contributed by atoms with Crippen LogP contribution in [0, 0.1) is 40.4 Å². The second kappa shape index (κ2) is 10.1. The highest BCUT2D eigenvalue weighted by Crippen LogP contribution is 2.67. The predicted octanol–water partition coefficient (Wildman–Crippen LogP) is 1.57. The van der Waals surface area contributed by atoms with E-state index in [1.165, 1.54) is 6.42 Å². The van der Waals surface area contributed by atoms with Crippen LogP contribution in [0.15, 0.2) is 0 Å². The summed E-state index contributed by atoms with van der Waals surface area (Å²) in [6.07, 6.45) is 1.18. The molecule has 5 rings (SSSR count). The molecule has 0 bridgehead atoms. The standard InChI is InChI=1S/C28H44O9/c1-27-10-8-15(29)12-14(27)4-5-16-17-6-7-19(28(17,2)11-9-18(16)27)20(30)13-36-26-23(33)21(31)22(32)24(37-26)25(34)35-3/h14-19,21-24,26,29,31-33H,4-13H2,1-3H3/t14?,15-,16?,17?,18?,19?,21-,22-,23+,24?,26+,27?,28?/m1/s1. The maximum atomic E-state index is 13.5. The van der Waals surface area contributed by atoms with Crippen LogP contribution in [0.5, 0.6) is 0 Å². The van der Waals surface area contributed by atoms with E-state index in [0.29, 0.717) is 23.7 Å². The maximum Gasteiger partial charge on any atom is 0.337 e. The average molecular weight is 525 g/mol. The van der Waals surface area contributed by atoms with Gasteiger partial charge in [-0.3, -0.25) is 4.79 Å². The second-order valence-corrected chi connectivity index (χ2v) is 13.0. The van der Waals surface area contributed by atoms with Crippen molar-refractivity contribution in [2.75, 3.05) is 13.7 Å². The summed E-state index contributed by atoms with van der Waals surface area (Å²) in [5, 5.41) is 40.8. The summed E-state index contributed by atoms with van der Waals surface area (Å²) in [7, 11) is 1.13. The number of hydrogen-bond donors (Lipinski definition) is 4. The third-order valence-electron chi connectivity index (χ3n) is 11.4. The molecule has 37 heavy (non-hydrogen) atoms. The van der Waals surface area contributed by atoms with Gasteiger partial charge in [0.2, 0.25) is 0 Å². The van der Waals surface area contributed by atoms with Crippen LogP contribution in [-0.2, 0) is 23.8 Å². The zero-order valence-corrected chi connectivity index (χ0v) is 22.3. The van der Waals surface area contributed by atoms with E-state index >= 15 is 0 Å². The lowest BCUT2D eigenvalue weighted by Gasteiger charge is -2.60. The summed E-state index contributed by atoms with van der Waals surface area (Å²) in [4.78, 5) is 25.4. The molecular weight excluding hydrogens is 480 g/mol. The van der Waals surface area contributed by atoms with Crippen LogP contribution in [0.4, 0.5) is 0 Å². The van der Waals surface area contributed by atoms with Crippen molar-refractivity contribution in [2.24, 2.45) is 40.4 Å². The van der Waals surface area contributed by atoms with Crippen molar-refractivity contribution in [2.45, 2.75) is 108 Å². The first kappa shape index (κ1) is 27.5. The van der Waals surface area contributed by atoms with Crippen LogP contribution < -0.4 is 0 Å². The molecule has 4 saturated carbocycles. The average Bonchev–Trinajstić information content (AvgIpc) is 3.24. The molecule has 0 radical (unpaired) electrons. The summed E-state index contributed by atoms with van der Waals surface area (Å²) < 4.78 is 15.6. The van der Waals surface area contributed by atoms with E-state index in [9.17, 15) is 30.0 Å². The molecule has 5 fully saturated rings. The molecule has 0 aromatic rings. The van der Waals surface area contributed by atoms with Crippen molar-refractivity contribution in [3.63, 3.8) is 0 Å². The molecular formula is C28H44O9. The molecule has 0 aromatic carbocycles. The van der Waals surface area contributed by atoms with Gasteiger partial charge in [0.25, 0.3) is 0 Å². The molecule has 4 N–H and O–H groups in total. The van der Waals surface area contributed by atoms with Gasteiger partial charge in [0.05, 0.1) is 13.2 Å². The molecule has 9 heteroatoms. The normalized spacial score (nSPS) is 51.5. The lowest BCUT2D eigenvalue weighted by Crippen LogP contribution is -2.60. The molecule has 13 atom stereocenters. The minimum Gasteiger partial charge on any atom is -0.467 e. The van der Waals surface area contributed by atoms with Gasteiger partial charge in [-0.25, -0.2) is 4.79 Å². The van der Waals surface area contributed by atoms with Gasteiger partial charge in [-0.1, -0.05) is 13.8 Å². The van der Waals surface area contributed by atoms with E-state index in [4.69, 9.17) is 9.47 Å². The van der Waals surface area contributed by atoms with E-state index in [1.54, 1.807) is 0 Å². The molecule has 0 amide bonds. The van der Waals surface area contributed by atoms with Gasteiger partial charge in [0, 0.05) is 5.92 Å². The number of ketones is 1. The minimum atomic E-state index is -1.67.